The molecule has 1 aliphatic heterocycles. The molecular formula is C15H16N2O4. The normalized spacial score (nSPS) is 14.9. The van der Waals surface area contributed by atoms with Crippen molar-refractivity contribution in [2.24, 2.45) is 0 Å². The number of imide groups is 2. The van der Waals surface area contributed by atoms with Crippen LogP contribution in [-0.2, 0) is 9.59 Å². The third kappa shape index (κ3) is 2.84. The Kier molecular flexibility index (Phi) is 4.16. The highest BCUT2D eigenvalue weighted by Gasteiger charge is 2.38. The molecule has 2 rings (SSSR count). The van der Waals surface area contributed by atoms with Crippen LogP contribution in [0.1, 0.15) is 46.0 Å². The second-order valence-corrected chi connectivity index (χ2v) is 5.10. The zero-order valence-corrected chi connectivity index (χ0v) is 11.9. The van der Waals surface area contributed by atoms with Crippen LogP contribution in [0.5, 0.6) is 0 Å². The fraction of sp³-hybridized carbons (Fsp3) is 0.333. The third-order valence-electron chi connectivity index (χ3n) is 3.52. The smallest absolute Gasteiger partial charge is 0.261 e. The largest absolute Gasteiger partial charge is 0.299 e. The first-order valence-electron chi connectivity index (χ1n) is 6.67. The lowest BCUT2D eigenvalue weighted by Gasteiger charge is -2.22. The molecule has 1 aromatic rings. The van der Waals surface area contributed by atoms with Crippen LogP contribution >= 0.6 is 0 Å². The average molecular weight is 288 g/mol. The van der Waals surface area contributed by atoms with Gasteiger partial charge in [0.1, 0.15) is 0 Å². The SMILES string of the molecule is Cc1ccc2c(c1)C(=O)N(C(C)CCC(=O)NC=O)C2=O. The lowest BCUT2D eigenvalue weighted by molar-refractivity contribution is -0.125. The number of rotatable bonds is 5. The summed E-state index contributed by atoms with van der Waals surface area (Å²) in [5.41, 5.74) is 1.72. The molecule has 0 aromatic heterocycles. The van der Waals surface area contributed by atoms with Gasteiger partial charge in [-0.2, -0.15) is 0 Å². The number of aryl methyl sites for hydroxylation is 1. The number of nitrogens with one attached hydrogen (secondary N) is 1. The monoisotopic (exact) mass is 288 g/mol. The van der Waals surface area contributed by atoms with Crippen LogP contribution in [-0.4, -0.2) is 35.1 Å². The van der Waals surface area contributed by atoms with Gasteiger partial charge in [0, 0.05) is 12.5 Å². The van der Waals surface area contributed by atoms with Gasteiger partial charge in [0.2, 0.25) is 12.3 Å². The molecular weight excluding hydrogens is 272 g/mol. The van der Waals surface area contributed by atoms with Gasteiger partial charge in [-0.05, 0) is 32.4 Å². The topological polar surface area (TPSA) is 83.6 Å². The quantitative estimate of drug-likeness (QED) is 0.648. The van der Waals surface area contributed by atoms with Crippen molar-refractivity contribution in [2.45, 2.75) is 32.7 Å². The molecule has 4 amide bonds. The Morgan fingerprint density at radius 3 is 2.62 bits per heavy atom. The van der Waals surface area contributed by atoms with E-state index in [0.717, 1.165) is 5.56 Å². The summed E-state index contributed by atoms with van der Waals surface area (Å²) >= 11 is 0. The number of hydrogen-bond acceptors (Lipinski definition) is 4. The molecule has 0 radical (unpaired) electrons. The molecule has 1 aromatic carbocycles. The van der Waals surface area contributed by atoms with Crippen LogP contribution in [0.3, 0.4) is 0 Å². The van der Waals surface area contributed by atoms with E-state index >= 15 is 0 Å². The van der Waals surface area contributed by atoms with E-state index < -0.39 is 11.9 Å². The molecule has 1 heterocycles. The molecule has 1 unspecified atom stereocenters. The number of carbonyl (C=O) groups is 4. The van der Waals surface area contributed by atoms with Gasteiger partial charge in [0.15, 0.2) is 0 Å². The third-order valence-corrected chi connectivity index (χ3v) is 3.52. The minimum Gasteiger partial charge on any atom is -0.299 e. The van der Waals surface area contributed by atoms with Crippen molar-refractivity contribution in [2.75, 3.05) is 0 Å². The highest BCUT2D eigenvalue weighted by molar-refractivity contribution is 6.21. The van der Waals surface area contributed by atoms with Crippen molar-refractivity contribution in [3.8, 4) is 0 Å². The number of nitrogens with zero attached hydrogens (tertiary/aromatic N) is 1. The van der Waals surface area contributed by atoms with E-state index in [0.29, 0.717) is 24.0 Å². The van der Waals surface area contributed by atoms with E-state index in [9.17, 15) is 19.2 Å². The van der Waals surface area contributed by atoms with Gasteiger partial charge in [0.05, 0.1) is 11.1 Å². The van der Waals surface area contributed by atoms with Crippen LogP contribution in [0.25, 0.3) is 0 Å². The van der Waals surface area contributed by atoms with Gasteiger partial charge in [-0.15, -0.1) is 0 Å². The summed E-state index contributed by atoms with van der Waals surface area (Å²) in [5.74, 6) is -1.09. The van der Waals surface area contributed by atoms with Crippen LogP contribution in [0.15, 0.2) is 18.2 Å². The van der Waals surface area contributed by atoms with Crippen molar-refractivity contribution in [1.29, 1.82) is 0 Å². The lowest BCUT2D eigenvalue weighted by atomic mass is 10.1. The minimum absolute atomic E-state index is 0.0757. The van der Waals surface area contributed by atoms with Crippen LogP contribution in [0.4, 0.5) is 0 Å². The summed E-state index contributed by atoms with van der Waals surface area (Å²) in [6.45, 7) is 3.57. The van der Waals surface area contributed by atoms with E-state index in [2.05, 4.69) is 0 Å². The Hall–Kier alpha value is -2.50. The summed E-state index contributed by atoms with van der Waals surface area (Å²) in [7, 11) is 0. The second-order valence-electron chi connectivity index (χ2n) is 5.10. The molecule has 0 bridgehead atoms. The maximum atomic E-state index is 12.3. The lowest BCUT2D eigenvalue weighted by Crippen LogP contribution is -2.38. The van der Waals surface area contributed by atoms with Gasteiger partial charge in [-0.1, -0.05) is 11.6 Å². The Morgan fingerprint density at radius 1 is 1.29 bits per heavy atom. The van der Waals surface area contributed by atoms with Crippen molar-refractivity contribution >= 4 is 24.1 Å². The highest BCUT2D eigenvalue weighted by atomic mass is 16.2. The summed E-state index contributed by atoms with van der Waals surface area (Å²) in [6, 6.07) is 4.73. The maximum absolute atomic E-state index is 12.3. The molecule has 0 saturated carbocycles. The molecule has 1 atom stereocenters. The molecule has 1 aliphatic rings. The van der Waals surface area contributed by atoms with E-state index in [1.807, 2.05) is 12.2 Å². The standard InChI is InChI=1S/C15H16N2O4/c1-9-3-5-11-12(7-9)15(21)17(14(11)20)10(2)4-6-13(19)16-8-18/h3,5,7-8,10H,4,6H2,1-2H3,(H,16,18,19). The number of hydrogen-bond donors (Lipinski definition) is 1. The number of benzene rings is 1. The van der Waals surface area contributed by atoms with E-state index in [1.165, 1.54) is 4.90 Å². The second kappa shape index (κ2) is 5.87. The molecule has 6 heteroatoms. The fourth-order valence-electron chi connectivity index (χ4n) is 2.38. The van der Waals surface area contributed by atoms with Crippen molar-refractivity contribution < 1.29 is 19.2 Å². The molecule has 0 spiro atoms. The summed E-state index contributed by atoms with van der Waals surface area (Å²) in [6.07, 6.45) is 0.703. The van der Waals surface area contributed by atoms with E-state index in [4.69, 9.17) is 0 Å². The molecule has 0 saturated heterocycles. The van der Waals surface area contributed by atoms with Crippen molar-refractivity contribution in [3.63, 3.8) is 0 Å². The van der Waals surface area contributed by atoms with Gasteiger partial charge in [-0.25, -0.2) is 0 Å². The molecule has 6 nitrogen and oxygen atoms in total. The zero-order valence-electron chi connectivity index (χ0n) is 11.9. The number of carbonyl (C=O) groups excluding carboxylic acids is 4. The van der Waals surface area contributed by atoms with Gasteiger partial charge in [-0.3, -0.25) is 29.4 Å². The van der Waals surface area contributed by atoms with Gasteiger partial charge in [0.25, 0.3) is 11.8 Å². The molecule has 21 heavy (non-hydrogen) atoms. The first-order valence-corrected chi connectivity index (χ1v) is 6.67. The predicted octanol–water partition coefficient (Wildman–Crippen LogP) is 1.03. The predicted molar refractivity (Wildman–Crippen MR) is 74.6 cm³/mol. The van der Waals surface area contributed by atoms with E-state index in [-0.39, 0.29) is 18.2 Å². The average Bonchev–Trinajstić information content (AvgIpc) is 2.68. The molecule has 1 N–H and O–H groups in total. The number of fused-ring (bicyclic) bond motifs is 1. The van der Waals surface area contributed by atoms with Crippen molar-refractivity contribution in [1.82, 2.24) is 10.2 Å². The van der Waals surface area contributed by atoms with Gasteiger partial charge >= 0.3 is 0 Å². The molecule has 0 aliphatic carbocycles. The Bertz CT molecular complexity index is 624. The summed E-state index contributed by atoms with van der Waals surface area (Å²) in [4.78, 5) is 47.2. The Morgan fingerprint density at radius 2 is 1.95 bits per heavy atom. The molecule has 0 fully saturated rings. The van der Waals surface area contributed by atoms with Crippen LogP contribution in [0, 0.1) is 6.92 Å². The Balaban J connectivity index is 2.12. The fourth-order valence-corrected chi connectivity index (χ4v) is 2.38. The molecule has 110 valence electrons. The highest BCUT2D eigenvalue weighted by Crippen LogP contribution is 2.26. The maximum Gasteiger partial charge on any atom is 0.261 e. The summed E-state index contributed by atoms with van der Waals surface area (Å²) < 4.78 is 0. The van der Waals surface area contributed by atoms with Gasteiger partial charge < -0.3 is 0 Å². The number of amides is 4. The van der Waals surface area contributed by atoms with Crippen LogP contribution < -0.4 is 5.32 Å². The van der Waals surface area contributed by atoms with E-state index in [1.54, 1.807) is 25.1 Å². The first-order chi connectivity index (χ1) is 9.95. The van der Waals surface area contributed by atoms with Crippen LogP contribution in [0.2, 0.25) is 0 Å². The zero-order chi connectivity index (χ0) is 15.6. The first kappa shape index (κ1) is 14.9. The van der Waals surface area contributed by atoms with Crippen molar-refractivity contribution in [3.05, 3.63) is 34.9 Å². The minimum atomic E-state index is -0.427. The summed E-state index contributed by atoms with van der Waals surface area (Å²) in [5, 5.41) is 2.03. The Labute approximate surface area is 122 Å².